The van der Waals surface area contributed by atoms with E-state index in [4.69, 9.17) is 0 Å². The predicted molar refractivity (Wildman–Crippen MR) is 82.7 cm³/mol. The van der Waals surface area contributed by atoms with Crippen LogP contribution in [-0.4, -0.2) is 22.1 Å². The zero-order valence-corrected chi connectivity index (χ0v) is 12.4. The van der Waals surface area contributed by atoms with Crippen molar-refractivity contribution < 1.29 is 9.90 Å². The summed E-state index contributed by atoms with van der Waals surface area (Å²) in [4.78, 5) is 23.5. The number of aromatic nitrogens is 1. The molecule has 1 aromatic heterocycles. The Kier molecular flexibility index (Phi) is 3.58. The van der Waals surface area contributed by atoms with Crippen LogP contribution in [-0.2, 0) is 19.1 Å². The standard InChI is InChI=1S/C17H18N2O3/c1-19-10-13(6-7-15(19)20)16(21)18-11-17(22)9-8-12-4-2-3-5-14(12)17/h2-7,10,22H,8-9,11H2,1H3,(H,18,21). The van der Waals surface area contributed by atoms with E-state index in [0.717, 1.165) is 17.5 Å². The van der Waals surface area contributed by atoms with Crippen LogP contribution in [0.2, 0.25) is 0 Å². The molecule has 0 aliphatic heterocycles. The summed E-state index contributed by atoms with van der Waals surface area (Å²) in [6, 6.07) is 10.6. The molecule has 2 N–H and O–H groups in total. The Morgan fingerprint density at radius 3 is 2.86 bits per heavy atom. The van der Waals surface area contributed by atoms with Gasteiger partial charge < -0.3 is 15.0 Å². The number of aliphatic hydroxyl groups is 1. The maximum atomic E-state index is 12.2. The molecule has 0 radical (unpaired) electrons. The zero-order valence-electron chi connectivity index (χ0n) is 12.4. The summed E-state index contributed by atoms with van der Waals surface area (Å²) in [7, 11) is 1.60. The quantitative estimate of drug-likeness (QED) is 0.886. The first-order chi connectivity index (χ1) is 10.5. The van der Waals surface area contributed by atoms with Crippen LogP contribution < -0.4 is 10.9 Å². The third-order valence-electron chi connectivity index (χ3n) is 4.22. The van der Waals surface area contributed by atoms with Crippen LogP contribution in [0.5, 0.6) is 0 Å². The number of carbonyl (C=O) groups is 1. The van der Waals surface area contributed by atoms with Crippen molar-refractivity contribution in [3.8, 4) is 0 Å². The molecule has 0 saturated heterocycles. The van der Waals surface area contributed by atoms with E-state index in [1.54, 1.807) is 7.05 Å². The van der Waals surface area contributed by atoms with Crippen LogP contribution in [0.15, 0.2) is 47.4 Å². The highest BCUT2D eigenvalue weighted by Gasteiger charge is 2.36. The highest BCUT2D eigenvalue weighted by atomic mass is 16.3. The van der Waals surface area contributed by atoms with Gasteiger partial charge in [-0.25, -0.2) is 0 Å². The molecule has 1 atom stereocenters. The van der Waals surface area contributed by atoms with E-state index in [1.165, 1.54) is 22.9 Å². The van der Waals surface area contributed by atoms with Gasteiger partial charge in [-0.05, 0) is 30.0 Å². The third-order valence-corrected chi connectivity index (χ3v) is 4.22. The minimum atomic E-state index is -1.02. The molecule has 5 nitrogen and oxygen atoms in total. The van der Waals surface area contributed by atoms with Crippen molar-refractivity contribution in [3.05, 3.63) is 69.6 Å². The van der Waals surface area contributed by atoms with E-state index in [2.05, 4.69) is 5.32 Å². The highest BCUT2D eigenvalue weighted by Crippen LogP contribution is 2.36. The summed E-state index contributed by atoms with van der Waals surface area (Å²) >= 11 is 0. The van der Waals surface area contributed by atoms with Crippen molar-refractivity contribution in [2.24, 2.45) is 7.05 Å². The molecule has 3 rings (SSSR count). The lowest BCUT2D eigenvalue weighted by Crippen LogP contribution is -2.39. The molecule has 22 heavy (non-hydrogen) atoms. The molecular weight excluding hydrogens is 280 g/mol. The van der Waals surface area contributed by atoms with Gasteiger partial charge in [0.2, 0.25) is 5.56 Å². The summed E-state index contributed by atoms with van der Waals surface area (Å²) in [6.45, 7) is 0.158. The van der Waals surface area contributed by atoms with E-state index < -0.39 is 5.60 Å². The normalized spacial score (nSPS) is 19.7. The number of benzene rings is 1. The molecule has 0 fully saturated rings. The SMILES string of the molecule is Cn1cc(C(=O)NCC2(O)CCc3ccccc32)ccc1=O. The van der Waals surface area contributed by atoms with Crippen LogP contribution >= 0.6 is 0 Å². The van der Waals surface area contributed by atoms with Gasteiger partial charge in [-0.15, -0.1) is 0 Å². The number of nitrogens with one attached hydrogen (secondary N) is 1. The second kappa shape index (κ2) is 5.42. The molecule has 2 aromatic rings. The molecule has 1 unspecified atom stereocenters. The summed E-state index contributed by atoms with van der Waals surface area (Å²) in [5.74, 6) is -0.298. The van der Waals surface area contributed by atoms with Crippen molar-refractivity contribution in [2.45, 2.75) is 18.4 Å². The molecule has 0 bridgehead atoms. The van der Waals surface area contributed by atoms with Crippen LogP contribution in [0, 0.1) is 0 Å². The number of nitrogens with zero attached hydrogens (tertiary/aromatic N) is 1. The molecule has 1 aliphatic carbocycles. The Labute approximate surface area is 128 Å². The molecule has 1 aromatic carbocycles. The Morgan fingerprint density at radius 1 is 1.32 bits per heavy atom. The average molecular weight is 298 g/mol. The Bertz CT molecular complexity index is 781. The summed E-state index contributed by atoms with van der Waals surface area (Å²) in [5, 5.41) is 13.5. The van der Waals surface area contributed by atoms with Gasteiger partial charge in [0.05, 0.1) is 12.1 Å². The predicted octanol–water partition coefficient (Wildman–Crippen LogP) is 0.949. The van der Waals surface area contributed by atoms with E-state index in [1.807, 2.05) is 24.3 Å². The fraction of sp³-hybridized carbons (Fsp3) is 0.294. The monoisotopic (exact) mass is 298 g/mol. The number of amides is 1. The number of rotatable bonds is 3. The number of hydrogen-bond donors (Lipinski definition) is 2. The van der Waals surface area contributed by atoms with Crippen molar-refractivity contribution in [1.29, 1.82) is 0 Å². The zero-order chi connectivity index (χ0) is 15.7. The minimum Gasteiger partial charge on any atom is -0.383 e. The maximum Gasteiger partial charge on any atom is 0.252 e. The van der Waals surface area contributed by atoms with Gasteiger partial charge in [-0.1, -0.05) is 24.3 Å². The van der Waals surface area contributed by atoms with Crippen molar-refractivity contribution in [3.63, 3.8) is 0 Å². The lowest BCUT2D eigenvalue weighted by Gasteiger charge is -2.24. The summed E-state index contributed by atoms with van der Waals surface area (Å²) in [6.07, 6.45) is 2.90. The molecule has 5 heteroatoms. The van der Waals surface area contributed by atoms with Crippen LogP contribution in [0.3, 0.4) is 0 Å². The number of hydrogen-bond acceptors (Lipinski definition) is 3. The number of aryl methyl sites for hydroxylation is 2. The Balaban J connectivity index is 1.74. The molecule has 1 heterocycles. The van der Waals surface area contributed by atoms with Gasteiger partial charge in [0.15, 0.2) is 0 Å². The largest absolute Gasteiger partial charge is 0.383 e. The van der Waals surface area contributed by atoms with E-state index in [9.17, 15) is 14.7 Å². The van der Waals surface area contributed by atoms with E-state index in [0.29, 0.717) is 12.0 Å². The fourth-order valence-electron chi connectivity index (χ4n) is 2.91. The maximum absolute atomic E-state index is 12.2. The summed E-state index contributed by atoms with van der Waals surface area (Å²) in [5.41, 5.74) is 1.22. The fourth-order valence-corrected chi connectivity index (χ4v) is 2.91. The third kappa shape index (κ3) is 2.55. The molecule has 1 aliphatic rings. The Hall–Kier alpha value is -2.40. The van der Waals surface area contributed by atoms with E-state index >= 15 is 0 Å². The molecular formula is C17H18N2O3. The minimum absolute atomic E-state index is 0.158. The smallest absolute Gasteiger partial charge is 0.252 e. The van der Waals surface area contributed by atoms with Crippen LogP contribution in [0.25, 0.3) is 0 Å². The van der Waals surface area contributed by atoms with Crippen molar-refractivity contribution >= 4 is 5.91 Å². The van der Waals surface area contributed by atoms with Gasteiger partial charge in [-0.2, -0.15) is 0 Å². The average Bonchev–Trinajstić information content (AvgIpc) is 2.86. The van der Waals surface area contributed by atoms with E-state index in [-0.39, 0.29) is 18.0 Å². The van der Waals surface area contributed by atoms with Crippen LogP contribution in [0.1, 0.15) is 27.9 Å². The lowest BCUT2D eigenvalue weighted by atomic mass is 9.96. The summed E-state index contributed by atoms with van der Waals surface area (Å²) < 4.78 is 1.36. The van der Waals surface area contributed by atoms with Crippen LogP contribution in [0.4, 0.5) is 0 Å². The molecule has 114 valence electrons. The topological polar surface area (TPSA) is 71.3 Å². The lowest BCUT2D eigenvalue weighted by molar-refractivity contribution is 0.0369. The van der Waals surface area contributed by atoms with Gasteiger partial charge in [0.1, 0.15) is 5.60 Å². The van der Waals surface area contributed by atoms with Gasteiger partial charge >= 0.3 is 0 Å². The number of pyridine rings is 1. The molecule has 1 amide bonds. The number of fused-ring (bicyclic) bond motifs is 1. The first kappa shape index (κ1) is 14.5. The van der Waals surface area contributed by atoms with Gasteiger partial charge in [0, 0.05) is 19.3 Å². The Morgan fingerprint density at radius 2 is 2.09 bits per heavy atom. The van der Waals surface area contributed by atoms with Crippen molar-refractivity contribution in [2.75, 3.05) is 6.54 Å². The number of carbonyl (C=O) groups excluding carboxylic acids is 1. The second-order valence-electron chi connectivity index (χ2n) is 5.74. The first-order valence-corrected chi connectivity index (χ1v) is 7.25. The second-order valence-corrected chi connectivity index (χ2v) is 5.74. The van der Waals surface area contributed by atoms with Crippen molar-refractivity contribution in [1.82, 2.24) is 9.88 Å². The van der Waals surface area contributed by atoms with Gasteiger partial charge in [0.25, 0.3) is 5.91 Å². The first-order valence-electron chi connectivity index (χ1n) is 7.25. The van der Waals surface area contributed by atoms with Gasteiger partial charge in [-0.3, -0.25) is 9.59 Å². The molecule has 0 saturated carbocycles. The highest BCUT2D eigenvalue weighted by molar-refractivity contribution is 5.93. The molecule has 0 spiro atoms.